The predicted molar refractivity (Wildman–Crippen MR) is 38.4 cm³/mol. The second kappa shape index (κ2) is 1.08. The van der Waals surface area contributed by atoms with E-state index in [0.717, 1.165) is 12.3 Å². The van der Waals surface area contributed by atoms with E-state index in [2.05, 4.69) is 13.8 Å². The summed E-state index contributed by atoms with van der Waals surface area (Å²) in [6, 6.07) is 0. The molecule has 0 aromatic heterocycles. The fourth-order valence-corrected chi connectivity index (χ4v) is 4.06. The minimum Gasteiger partial charge on any atom is -0.393 e. The molecule has 0 heterocycles. The van der Waals surface area contributed by atoms with Crippen molar-refractivity contribution in [2.45, 2.75) is 32.8 Å². The molecule has 0 radical (unpaired) electrons. The molecule has 10 heavy (non-hydrogen) atoms. The van der Waals surface area contributed by atoms with Crippen molar-refractivity contribution in [3.05, 3.63) is 0 Å². The molecule has 1 heteroatoms. The van der Waals surface area contributed by atoms with Gasteiger partial charge in [0.2, 0.25) is 0 Å². The zero-order valence-corrected chi connectivity index (χ0v) is 6.59. The van der Waals surface area contributed by atoms with E-state index in [1.807, 2.05) is 0 Å². The first kappa shape index (κ1) is 5.59. The number of aliphatic hydroxyl groups is 1. The minimum atomic E-state index is 0.0526. The number of fused-ring (bicyclic) bond motifs is 1. The Morgan fingerprint density at radius 3 is 2.10 bits per heavy atom. The van der Waals surface area contributed by atoms with Gasteiger partial charge in [0, 0.05) is 0 Å². The first-order valence-electron chi connectivity index (χ1n) is 4.28. The Bertz CT molecular complexity index is 213. The monoisotopic (exact) mass is 138 g/mol. The van der Waals surface area contributed by atoms with Crippen LogP contribution in [0.25, 0.3) is 0 Å². The van der Waals surface area contributed by atoms with Crippen LogP contribution in [-0.4, -0.2) is 11.2 Å². The fourth-order valence-electron chi connectivity index (χ4n) is 4.06. The van der Waals surface area contributed by atoms with Gasteiger partial charge in [-0.2, -0.15) is 0 Å². The van der Waals surface area contributed by atoms with E-state index in [0.29, 0.717) is 16.7 Å². The minimum absolute atomic E-state index is 0.0526. The van der Waals surface area contributed by atoms with E-state index >= 15 is 0 Å². The Morgan fingerprint density at radius 1 is 1.20 bits per heavy atom. The van der Waals surface area contributed by atoms with E-state index < -0.39 is 0 Å². The number of hydrogen-bond donors (Lipinski definition) is 1. The second-order valence-electron chi connectivity index (χ2n) is 4.95. The summed E-state index contributed by atoms with van der Waals surface area (Å²) in [4.78, 5) is 0. The normalized spacial score (nSPS) is 76.5. The van der Waals surface area contributed by atoms with Crippen molar-refractivity contribution >= 4 is 0 Å². The molecular formula is C9H14O. The van der Waals surface area contributed by atoms with Crippen molar-refractivity contribution in [3.63, 3.8) is 0 Å². The topological polar surface area (TPSA) is 20.2 Å². The third-order valence-electron chi connectivity index (χ3n) is 4.81. The summed E-state index contributed by atoms with van der Waals surface area (Å²) in [5, 5.41) is 9.52. The van der Waals surface area contributed by atoms with Crippen LogP contribution >= 0.6 is 0 Å². The summed E-state index contributed by atoms with van der Waals surface area (Å²) in [5.74, 6) is 1.59. The van der Waals surface area contributed by atoms with Crippen LogP contribution in [0.5, 0.6) is 0 Å². The molecule has 5 unspecified atom stereocenters. The lowest BCUT2D eigenvalue weighted by atomic mass is 9.69. The highest BCUT2D eigenvalue weighted by Gasteiger charge is 2.84. The lowest BCUT2D eigenvalue weighted by Crippen LogP contribution is -2.35. The van der Waals surface area contributed by atoms with Crippen LogP contribution in [0.3, 0.4) is 0 Å². The molecule has 3 saturated carbocycles. The molecule has 0 amide bonds. The van der Waals surface area contributed by atoms with Crippen LogP contribution in [0, 0.1) is 22.7 Å². The van der Waals surface area contributed by atoms with E-state index in [1.54, 1.807) is 0 Å². The molecule has 0 saturated heterocycles. The summed E-state index contributed by atoms with van der Waals surface area (Å²) < 4.78 is 0. The molecule has 3 fully saturated rings. The van der Waals surface area contributed by atoms with E-state index in [1.165, 1.54) is 6.42 Å². The van der Waals surface area contributed by atoms with Crippen LogP contribution in [0.2, 0.25) is 0 Å². The Labute approximate surface area is 61.4 Å². The molecular weight excluding hydrogens is 124 g/mol. The van der Waals surface area contributed by atoms with Gasteiger partial charge in [0.25, 0.3) is 0 Å². The van der Waals surface area contributed by atoms with Gasteiger partial charge in [-0.15, -0.1) is 0 Å². The molecule has 0 bridgehead atoms. The first-order valence-corrected chi connectivity index (χ1v) is 4.28. The Hall–Kier alpha value is -0.0400. The van der Waals surface area contributed by atoms with Gasteiger partial charge in [-0.1, -0.05) is 13.8 Å². The average molecular weight is 138 g/mol. The second-order valence-corrected chi connectivity index (χ2v) is 4.95. The maximum atomic E-state index is 9.52. The van der Waals surface area contributed by atoms with Crippen molar-refractivity contribution in [3.8, 4) is 0 Å². The SMILES string of the molecule is CC12CC(O)C3CC1(C)C32. The average Bonchev–Trinajstić information content (AvgIpc) is 2.09. The molecule has 3 aliphatic rings. The Morgan fingerprint density at radius 2 is 1.80 bits per heavy atom. The maximum absolute atomic E-state index is 9.52. The van der Waals surface area contributed by atoms with Gasteiger partial charge in [-0.05, 0) is 35.5 Å². The molecule has 3 aliphatic carbocycles. The molecule has 1 nitrogen and oxygen atoms in total. The van der Waals surface area contributed by atoms with Crippen LogP contribution in [-0.2, 0) is 0 Å². The van der Waals surface area contributed by atoms with Gasteiger partial charge in [-0.3, -0.25) is 0 Å². The zero-order chi connectivity index (χ0) is 7.15. The van der Waals surface area contributed by atoms with Crippen LogP contribution in [0.4, 0.5) is 0 Å². The highest BCUT2D eigenvalue weighted by atomic mass is 16.3. The Kier molecular flexibility index (Phi) is 0.602. The van der Waals surface area contributed by atoms with Gasteiger partial charge >= 0.3 is 0 Å². The summed E-state index contributed by atoms with van der Waals surface area (Å²) in [6.45, 7) is 4.74. The van der Waals surface area contributed by atoms with Gasteiger partial charge in [0.15, 0.2) is 0 Å². The number of hydrogen-bond acceptors (Lipinski definition) is 1. The smallest absolute Gasteiger partial charge is 0.0577 e. The third kappa shape index (κ3) is 0.282. The van der Waals surface area contributed by atoms with Gasteiger partial charge in [0.1, 0.15) is 0 Å². The zero-order valence-electron chi connectivity index (χ0n) is 6.59. The highest BCUT2D eigenvalue weighted by Crippen LogP contribution is 2.88. The summed E-state index contributed by atoms with van der Waals surface area (Å²) in [7, 11) is 0. The summed E-state index contributed by atoms with van der Waals surface area (Å²) in [6.07, 6.45) is 2.44. The van der Waals surface area contributed by atoms with Crippen molar-refractivity contribution in [2.75, 3.05) is 0 Å². The predicted octanol–water partition coefficient (Wildman–Crippen LogP) is 1.41. The molecule has 0 aromatic rings. The van der Waals surface area contributed by atoms with Crippen LogP contribution in [0.15, 0.2) is 0 Å². The molecule has 3 rings (SSSR count). The molecule has 5 atom stereocenters. The van der Waals surface area contributed by atoms with Gasteiger partial charge < -0.3 is 5.11 Å². The number of aliphatic hydroxyl groups excluding tert-OH is 1. The third-order valence-corrected chi connectivity index (χ3v) is 4.81. The molecule has 56 valence electrons. The van der Waals surface area contributed by atoms with Crippen molar-refractivity contribution in [1.82, 2.24) is 0 Å². The van der Waals surface area contributed by atoms with Crippen LogP contribution < -0.4 is 0 Å². The quantitative estimate of drug-likeness (QED) is 0.536. The molecule has 1 N–H and O–H groups in total. The van der Waals surface area contributed by atoms with Crippen LogP contribution in [0.1, 0.15) is 26.7 Å². The summed E-state index contributed by atoms with van der Waals surface area (Å²) >= 11 is 0. The van der Waals surface area contributed by atoms with Gasteiger partial charge in [0.05, 0.1) is 6.10 Å². The number of rotatable bonds is 0. The fraction of sp³-hybridized carbons (Fsp3) is 1.00. The van der Waals surface area contributed by atoms with Crippen molar-refractivity contribution in [2.24, 2.45) is 22.7 Å². The standard InChI is InChI=1S/C9H14O/c1-8-3-5-6(10)4-9(8,2)7(5)8/h5-7,10H,3-4H2,1-2H3. The van der Waals surface area contributed by atoms with Crippen molar-refractivity contribution < 1.29 is 5.11 Å². The van der Waals surface area contributed by atoms with E-state index in [9.17, 15) is 5.11 Å². The van der Waals surface area contributed by atoms with Crippen molar-refractivity contribution in [1.29, 1.82) is 0 Å². The molecule has 0 aliphatic heterocycles. The lowest BCUT2D eigenvalue weighted by Gasteiger charge is -2.37. The van der Waals surface area contributed by atoms with Gasteiger partial charge in [-0.25, -0.2) is 0 Å². The largest absolute Gasteiger partial charge is 0.393 e. The Balaban J connectivity index is 2.03. The lowest BCUT2D eigenvalue weighted by molar-refractivity contribution is 0.00892. The summed E-state index contributed by atoms with van der Waals surface area (Å²) in [5.41, 5.74) is 1.22. The molecule has 0 aromatic carbocycles. The highest BCUT2D eigenvalue weighted by molar-refractivity contribution is 5.32. The first-order chi connectivity index (χ1) is 4.59. The maximum Gasteiger partial charge on any atom is 0.0577 e. The van der Waals surface area contributed by atoms with E-state index in [-0.39, 0.29) is 6.10 Å². The van der Waals surface area contributed by atoms with E-state index in [4.69, 9.17) is 0 Å². The molecule has 0 spiro atoms.